The van der Waals surface area contributed by atoms with Gasteiger partial charge in [0.15, 0.2) is 0 Å². The number of unbranched alkanes of at least 4 members (excludes halogenated alkanes) is 4. The summed E-state index contributed by atoms with van der Waals surface area (Å²) in [4.78, 5) is 2.71. The van der Waals surface area contributed by atoms with Crippen LogP contribution in [0.2, 0.25) is 0 Å². The fourth-order valence-corrected chi connectivity index (χ4v) is 3.67. The summed E-state index contributed by atoms with van der Waals surface area (Å²) >= 11 is 0. The lowest BCUT2D eigenvalue weighted by Gasteiger charge is -2.40. The molecule has 0 aromatic heterocycles. The Hall–Kier alpha value is -0.480. The van der Waals surface area contributed by atoms with Gasteiger partial charge in [0.05, 0.1) is 5.54 Å². The SMILES string of the molecule is CCCCCCC#CC1(N2CCCC2)CCCCC1. The third kappa shape index (κ3) is 4.25. The Labute approximate surface area is 120 Å². The highest BCUT2D eigenvalue weighted by molar-refractivity contribution is 5.20. The standard InChI is InChI=1S/C18H31N/c1-2-3-4-5-6-8-13-18(14-9-7-10-15-18)19-16-11-12-17-19/h2-7,9-12,14-17H2,1H3. The Morgan fingerprint density at radius 2 is 1.63 bits per heavy atom. The molecule has 0 N–H and O–H groups in total. The minimum absolute atomic E-state index is 0.277. The number of hydrogen-bond acceptors (Lipinski definition) is 1. The topological polar surface area (TPSA) is 3.24 Å². The van der Waals surface area contributed by atoms with Crippen molar-refractivity contribution < 1.29 is 0 Å². The third-order valence-corrected chi connectivity index (χ3v) is 4.87. The number of nitrogens with zero attached hydrogens (tertiary/aromatic N) is 1. The molecule has 1 saturated heterocycles. The average Bonchev–Trinajstić information content (AvgIpc) is 2.98. The van der Waals surface area contributed by atoms with Crippen LogP contribution in [0.1, 0.15) is 84.0 Å². The van der Waals surface area contributed by atoms with Crippen molar-refractivity contribution in [3.8, 4) is 11.8 Å². The molecule has 2 rings (SSSR count). The van der Waals surface area contributed by atoms with Crippen LogP contribution in [0.15, 0.2) is 0 Å². The van der Waals surface area contributed by atoms with Crippen LogP contribution in [0.4, 0.5) is 0 Å². The van der Waals surface area contributed by atoms with E-state index >= 15 is 0 Å². The van der Waals surface area contributed by atoms with Gasteiger partial charge in [0.2, 0.25) is 0 Å². The van der Waals surface area contributed by atoms with Gasteiger partial charge in [0, 0.05) is 6.42 Å². The highest BCUT2D eigenvalue weighted by atomic mass is 15.2. The van der Waals surface area contributed by atoms with Gasteiger partial charge in [-0.1, -0.05) is 51.4 Å². The Bertz CT molecular complexity index is 297. The monoisotopic (exact) mass is 261 g/mol. The summed E-state index contributed by atoms with van der Waals surface area (Å²) in [7, 11) is 0. The molecule has 0 unspecified atom stereocenters. The fourth-order valence-electron chi connectivity index (χ4n) is 3.67. The average molecular weight is 261 g/mol. The molecule has 0 aromatic carbocycles. The number of likely N-dealkylation sites (tertiary alicyclic amines) is 1. The number of hydrogen-bond donors (Lipinski definition) is 0. The molecular formula is C18H31N. The Balaban J connectivity index is 1.88. The Kier molecular flexibility index (Phi) is 6.24. The maximum atomic E-state index is 3.73. The summed E-state index contributed by atoms with van der Waals surface area (Å²) in [5.41, 5.74) is 0.277. The molecule has 0 bridgehead atoms. The lowest BCUT2D eigenvalue weighted by Crippen LogP contribution is -2.47. The summed E-state index contributed by atoms with van der Waals surface area (Å²) in [6, 6.07) is 0. The van der Waals surface area contributed by atoms with E-state index in [1.54, 1.807) is 0 Å². The van der Waals surface area contributed by atoms with Crippen molar-refractivity contribution >= 4 is 0 Å². The maximum absolute atomic E-state index is 3.73. The highest BCUT2D eigenvalue weighted by Crippen LogP contribution is 2.35. The quantitative estimate of drug-likeness (QED) is 0.509. The first kappa shape index (κ1) is 14.9. The van der Waals surface area contributed by atoms with Crippen LogP contribution in [-0.4, -0.2) is 23.5 Å². The molecule has 19 heavy (non-hydrogen) atoms. The van der Waals surface area contributed by atoms with Gasteiger partial charge in [-0.3, -0.25) is 4.90 Å². The van der Waals surface area contributed by atoms with Gasteiger partial charge in [0.1, 0.15) is 0 Å². The zero-order valence-corrected chi connectivity index (χ0v) is 12.8. The second-order valence-corrected chi connectivity index (χ2v) is 6.40. The summed E-state index contributed by atoms with van der Waals surface area (Å²) in [5.74, 6) is 7.27. The molecule has 1 saturated carbocycles. The molecule has 0 spiro atoms. The predicted octanol–water partition coefficient (Wildman–Crippen LogP) is 4.76. The lowest BCUT2D eigenvalue weighted by atomic mass is 9.80. The van der Waals surface area contributed by atoms with Gasteiger partial charge in [-0.2, -0.15) is 0 Å². The normalized spacial score (nSPS) is 23.0. The van der Waals surface area contributed by atoms with Crippen molar-refractivity contribution in [1.29, 1.82) is 0 Å². The van der Waals surface area contributed by atoms with Crippen molar-refractivity contribution in [2.24, 2.45) is 0 Å². The second-order valence-electron chi connectivity index (χ2n) is 6.40. The summed E-state index contributed by atoms with van der Waals surface area (Å²) < 4.78 is 0. The van der Waals surface area contributed by atoms with Crippen LogP contribution in [-0.2, 0) is 0 Å². The first-order chi connectivity index (χ1) is 9.37. The van der Waals surface area contributed by atoms with Gasteiger partial charge in [-0.25, -0.2) is 0 Å². The summed E-state index contributed by atoms with van der Waals surface area (Å²) in [5, 5.41) is 0. The Morgan fingerprint density at radius 3 is 2.32 bits per heavy atom. The summed E-state index contributed by atoms with van der Waals surface area (Å²) in [6.07, 6.45) is 16.1. The van der Waals surface area contributed by atoms with Gasteiger partial charge in [-0.05, 0) is 45.2 Å². The zero-order chi connectivity index (χ0) is 13.4. The molecule has 1 aliphatic heterocycles. The van der Waals surface area contributed by atoms with Crippen molar-refractivity contribution in [2.75, 3.05) is 13.1 Å². The van der Waals surface area contributed by atoms with Gasteiger partial charge >= 0.3 is 0 Å². The van der Waals surface area contributed by atoms with E-state index in [1.165, 1.54) is 83.7 Å². The molecule has 108 valence electrons. The van der Waals surface area contributed by atoms with E-state index in [-0.39, 0.29) is 5.54 Å². The van der Waals surface area contributed by atoms with Gasteiger partial charge in [-0.15, -0.1) is 5.92 Å². The van der Waals surface area contributed by atoms with E-state index < -0.39 is 0 Å². The molecule has 2 fully saturated rings. The molecule has 1 aliphatic carbocycles. The maximum Gasteiger partial charge on any atom is 0.0825 e. The zero-order valence-electron chi connectivity index (χ0n) is 12.8. The molecule has 0 radical (unpaired) electrons. The number of rotatable bonds is 5. The molecule has 2 aliphatic rings. The Morgan fingerprint density at radius 1 is 0.895 bits per heavy atom. The second kappa shape index (κ2) is 7.95. The van der Waals surface area contributed by atoms with E-state index in [4.69, 9.17) is 0 Å². The lowest BCUT2D eigenvalue weighted by molar-refractivity contribution is 0.128. The molecule has 0 amide bonds. The van der Waals surface area contributed by atoms with Crippen molar-refractivity contribution in [2.45, 2.75) is 89.5 Å². The molecule has 0 aromatic rings. The molecule has 0 atom stereocenters. The van der Waals surface area contributed by atoms with E-state index in [1.807, 2.05) is 0 Å². The van der Waals surface area contributed by atoms with Crippen molar-refractivity contribution in [3.05, 3.63) is 0 Å². The van der Waals surface area contributed by atoms with Crippen LogP contribution >= 0.6 is 0 Å². The first-order valence-electron chi connectivity index (χ1n) is 8.62. The van der Waals surface area contributed by atoms with E-state index in [9.17, 15) is 0 Å². The van der Waals surface area contributed by atoms with Crippen molar-refractivity contribution in [3.63, 3.8) is 0 Å². The first-order valence-corrected chi connectivity index (χ1v) is 8.62. The third-order valence-electron chi connectivity index (χ3n) is 4.87. The van der Waals surface area contributed by atoms with Crippen molar-refractivity contribution in [1.82, 2.24) is 4.90 Å². The molecule has 1 nitrogen and oxygen atoms in total. The smallest absolute Gasteiger partial charge is 0.0825 e. The van der Waals surface area contributed by atoms with Crippen LogP contribution in [0, 0.1) is 11.8 Å². The predicted molar refractivity (Wildman–Crippen MR) is 83.2 cm³/mol. The molecule has 1 heteroatoms. The minimum Gasteiger partial charge on any atom is -0.287 e. The van der Waals surface area contributed by atoms with E-state index in [2.05, 4.69) is 23.7 Å². The summed E-state index contributed by atoms with van der Waals surface area (Å²) in [6.45, 7) is 4.87. The van der Waals surface area contributed by atoms with E-state index in [0.717, 1.165) is 6.42 Å². The van der Waals surface area contributed by atoms with E-state index in [0.29, 0.717) is 0 Å². The molecular weight excluding hydrogens is 230 g/mol. The van der Waals surface area contributed by atoms with Gasteiger partial charge < -0.3 is 0 Å². The fraction of sp³-hybridized carbons (Fsp3) is 0.889. The largest absolute Gasteiger partial charge is 0.287 e. The molecule has 1 heterocycles. The van der Waals surface area contributed by atoms with Crippen LogP contribution < -0.4 is 0 Å². The van der Waals surface area contributed by atoms with Crippen LogP contribution in [0.5, 0.6) is 0 Å². The highest BCUT2D eigenvalue weighted by Gasteiger charge is 2.37. The van der Waals surface area contributed by atoms with Gasteiger partial charge in [0.25, 0.3) is 0 Å². The minimum atomic E-state index is 0.277. The van der Waals surface area contributed by atoms with Crippen LogP contribution in [0.3, 0.4) is 0 Å². The van der Waals surface area contributed by atoms with Crippen LogP contribution in [0.25, 0.3) is 0 Å².